The molecule has 0 aliphatic rings. The molecular weight excluding hydrogens is 304 g/mol. The summed E-state index contributed by atoms with van der Waals surface area (Å²) in [7, 11) is 0. The summed E-state index contributed by atoms with van der Waals surface area (Å²) in [5.74, 6) is -4.14. The van der Waals surface area contributed by atoms with E-state index in [-0.39, 0.29) is 17.9 Å². The zero-order valence-corrected chi connectivity index (χ0v) is 13.2. The molecule has 7 nitrogen and oxygen atoms in total. The van der Waals surface area contributed by atoms with E-state index in [1.165, 1.54) is 0 Å². The first-order valence-corrected chi connectivity index (χ1v) is 7.44. The zero-order valence-electron chi connectivity index (χ0n) is 13.2. The quantitative estimate of drug-likeness (QED) is 0.427. The lowest BCUT2D eigenvalue weighted by molar-refractivity contribution is -0.139. The number of esters is 1. The molecule has 0 saturated heterocycles. The Morgan fingerprint density at radius 3 is 2.22 bits per heavy atom. The molecule has 0 radical (unpaired) electrons. The first kappa shape index (κ1) is 18.6. The van der Waals surface area contributed by atoms with Gasteiger partial charge in [-0.3, -0.25) is 4.79 Å². The third-order valence-electron chi connectivity index (χ3n) is 3.54. The van der Waals surface area contributed by atoms with Gasteiger partial charge in [0, 0.05) is 5.92 Å². The molecule has 1 rings (SSSR count). The molecule has 0 aromatic heterocycles. The predicted molar refractivity (Wildman–Crippen MR) is 81.6 cm³/mol. The number of phenolic OH excluding ortho intramolecular Hbond substituents is 3. The van der Waals surface area contributed by atoms with Gasteiger partial charge in [-0.1, -0.05) is 26.7 Å². The third-order valence-corrected chi connectivity index (χ3v) is 3.54. The number of benzene rings is 1. The van der Waals surface area contributed by atoms with Crippen LogP contribution in [0.2, 0.25) is 0 Å². The summed E-state index contributed by atoms with van der Waals surface area (Å²) >= 11 is 0. The Morgan fingerprint density at radius 1 is 1.17 bits per heavy atom. The minimum absolute atomic E-state index is 0.123. The van der Waals surface area contributed by atoms with Crippen LogP contribution in [0.25, 0.3) is 0 Å². The van der Waals surface area contributed by atoms with E-state index < -0.39 is 35.3 Å². The normalized spacial score (nSPS) is 13.3. The van der Waals surface area contributed by atoms with Crippen molar-refractivity contribution in [2.75, 3.05) is 0 Å². The Hall–Kier alpha value is -2.44. The summed E-state index contributed by atoms with van der Waals surface area (Å²) < 4.78 is 5.35. The highest BCUT2D eigenvalue weighted by molar-refractivity contribution is 5.91. The van der Waals surface area contributed by atoms with Crippen LogP contribution in [0.1, 0.15) is 49.9 Å². The summed E-state index contributed by atoms with van der Waals surface area (Å²) in [4.78, 5) is 23.0. The van der Waals surface area contributed by atoms with E-state index in [1.54, 1.807) is 6.92 Å². The van der Waals surface area contributed by atoms with Crippen molar-refractivity contribution in [3.8, 4) is 17.2 Å². The summed E-state index contributed by atoms with van der Waals surface area (Å²) in [6.45, 7) is 3.66. The molecule has 0 aliphatic carbocycles. The van der Waals surface area contributed by atoms with Crippen LogP contribution in [-0.2, 0) is 9.53 Å². The molecule has 0 spiro atoms. The molecule has 0 bridgehead atoms. The number of hydrogen-bond acceptors (Lipinski definition) is 6. The van der Waals surface area contributed by atoms with Crippen LogP contribution in [0.5, 0.6) is 17.2 Å². The lowest BCUT2D eigenvalue weighted by Crippen LogP contribution is -2.27. The second-order valence-electron chi connectivity index (χ2n) is 5.52. The molecule has 0 saturated carbocycles. The maximum Gasteiger partial charge on any atom is 0.338 e. The van der Waals surface area contributed by atoms with Crippen LogP contribution in [0.3, 0.4) is 0 Å². The minimum atomic E-state index is -0.977. The fraction of sp³-hybridized carbons (Fsp3) is 0.500. The van der Waals surface area contributed by atoms with Gasteiger partial charge in [0.05, 0.1) is 12.0 Å². The molecule has 0 heterocycles. The number of unbranched alkanes of at least 4 members (excludes halogenated alkanes) is 1. The fourth-order valence-electron chi connectivity index (χ4n) is 2.20. The molecule has 23 heavy (non-hydrogen) atoms. The molecule has 128 valence electrons. The summed E-state index contributed by atoms with van der Waals surface area (Å²) in [6.07, 6.45) is 1.44. The van der Waals surface area contributed by atoms with Crippen LogP contribution in [-0.4, -0.2) is 38.5 Å². The van der Waals surface area contributed by atoms with Crippen molar-refractivity contribution < 1.29 is 34.8 Å². The summed E-state index contributed by atoms with van der Waals surface area (Å²) in [6, 6.07) is 1.96. The second-order valence-corrected chi connectivity index (χ2v) is 5.52. The van der Waals surface area contributed by atoms with E-state index in [2.05, 4.69) is 0 Å². The number of carbonyl (C=O) groups is 2. The average molecular weight is 326 g/mol. The van der Waals surface area contributed by atoms with E-state index in [0.29, 0.717) is 6.42 Å². The monoisotopic (exact) mass is 326 g/mol. The fourth-order valence-corrected chi connectivity index (χ4v) is 2.20. The topological polar surface area (TPSA) is 124 Å². The molecule has 0 amide bonds. The number of carbonyl (C=O) groups excluding carboxylic acids is 1. The number of carboxylic acids is 1. The smallest absolute Gasteiger partial charge is 0.338 e. The van der Waals surface area contributed by atoms with Crippen molar-refractivity contribution in [1.29, 1.82) is 0 Å². The van der Waals surface area contributed by atoms with Crippen LogP contribution < -0.4 is 0 Å². The molecule has 1 aromatic rings. The molecule has 1 aromatic carbocycles. The Labute approximate surface area is 134 Å². The van der Waals surface area contributed by atoms with Gasteiger partial charge in [0.15, 0.2) is 17.2 Å². The molecule has 4 N–H and O–H groups in total. The SMILES string of the molecule is CCCC[C@H](OC(=O)c1cc(O)c(O)c(O)c1)[C@@H](C)CC(=O)O. The Kier molecular flexibility index (Phi) is 6.68. The lowest BCUT2D eigenvalue weighted by atomic mass is 9.96. The van der Waals surface area contributed by atoms with Gasteiger partial charge < -0.3 is 25.2 Å². The zero-order chi connectivity index (χ0) is 17.6. The Morgan fingerprint density at radius 2 is 1.74 bits per heavy atom. The lowest BCUT2D eigenvalue weighted by Gasteiger charge is -2.23. The van der Waals surface area contributed by atoms with E-state index in [9.17, 15) is 24.9 Å². The van der Waals surface area contributed by atoms with E-state index in [4.69, 9.17) is 9.84 Å². The Bertz CT molecular complexity index is 545. The van der Waals surface area contributed by atoms with Gasteiger partial charge in [-0.05, 0) is 18.6 Å². The van der Waals surface area contributed by atoms with Crippen molar-refractivity contribution in [3.63, 3.8) is 0 Å². The summed E-state index contributed by atoms with van der Waals surface area (Å²) in [5.41, 5.74) is -0.123. The maximum absolute atomic E-state index is 12.2. The second kappa shape index (κ2) is 8.26. The molecule has 0 aliphatic heterocycles. The largest absolute Gasteiger partial charge is 0.504 e. The number of phenols is 3. The number of aliphatic carboxylic acids is 1. The predicted octanol–water partition coefficient (Wildman–Crippen LogP) is 2.63. The van der Waals surface area contributed by atoms with Gasteiger partial charge >= 0.3 is 11.9 Å². The molecule has 7 heteroatoms. The van der Waals surface area contributed by atoms with Crippen molar-refractivity contribution in [1.82, 2.24) is 0 Å². The highest BCUT2D eigenvalue weighted by Crippen LogP contribution is 2.35. The highest BCUT2D eigenvalue weighted by atomic mass is 16.5. The van der Waals surface area contributed by atoms with Crippen molar-refractivity contribution in [3.05, 3.63) is 17.7 Å². The average Bonchev–Trinajstić information content (AvgIpc) is 2.47. The standard InChI is InChI=1S/C16H22O7/c1-3-4-5-13(9(2)6-14(19)20)23-16(22)10-7-11(17)15(21)12(18)8-10/h7-9,13,17-18,21H,3-6H2,1-2H3,(H,19,20)/t9-,13-/m0/s1. The number of aromatic hydroxyl groups is 3. The first-order chi connectivity index (χ1) is 10.8. The first-order valence-electron chi connectivity index (χ1n) is 7.44. The minimum Gasteiger partial charge on any atom is -0.504 e. The van der Waals surface area contributed by atoms with Crippen molar-refractivity contribution in [2.45, 2.75) is 45.6 Å². The maximum atomic E-state index is 12.2. The molecule has 0 fully saturated rings. The number of ether oxygens (including phenoxy) is 1. The van der Waals surface area contributed by atoms with Gasteiger partial charge in [-0.2, -0.15) is 0 Å². The molecule has 0 unspecified atom stereocenters. The van der Waals surface area contributed by atoms with E-state index in [1.807, 2.05) is 6.92 Å². The molecular formula is C16H22O7. The van der Waals surface area contributed by atoms with Crippen LogP contribution in [0, 0.1) is 5.92 Å². The van der Waals surface area contributed by atoms with Gasteiger partial charge in [0.2, 0.25) is 0 Å². The van der Waals surface area contributed by atoms with Crippen LogP contribution >= 0.6 is 0 Å². The van der Waals surface area contributed by atoms with Gasteiger partial charge in [-0.15, -0.1) is 0 Å². The van der Waals surface area contributed by atoms with Gasteiger partial charge in [0.1, 0.15) is 6.10 Å². The van der Waals surface area contributed by atoms with Crippen LogP contribution in [0.4, 0.5) is 0 Å². The molecule has 2 atom stereocenters. The Balaban J connectivity index is 2.89. The van der Waals surface area contributed by atoms with E-state index in [0.717, 1.165) is 25.0 Å². The number of carboxylic acid groups (broad SMARTS) is 1. The number of rotatable bonds is 8. The van der Waals surface area contributed by atoms with E-state index >= 15 is 0 Å². The van der Waals surface area contributed by atoms with Crippen molar-refractivity contribution >= 4 is 11.9 Å². The highest BCUT2D eigenvalue weighted by Gasteiger charge is 2.25. The third kappa shape index (κ3) is 5.36. The van der Waals surface area contributed by atoms with Gasteiger partial charge in [0.25, 0.3) is 0 Å². The van der Waals surface area contributed by atoms with Gasteiger partial charge in [-0.25, -0.2) is 4.79 Å². The number of hydrogen-bond donors (Lipinski definition) is 4. The van der Waals surface area contributed by atoms with Crippen molar-refractivity contribution in [2.24, 2.45) is 5.92 Å². The summed E-state index contributed by atoms with van der Waals surface area (Å²) in [5, 5.41) is 37.0. The van der Waals surface area contributed by atoms with Crippen LogP contribution in [0.15, 0.2) is 12.1 Å².